The highest BCUT2D eigenvalue weighted by Gasteiger charge is 2.20. The van der Waals surface area contributed by atoms with Gasteiger partial charge in [-0.25, -0.2) is 9.99 Å². The van der Waals surface area contributed by atoms with Crippen LogP contribution in [0.1, 0.15) is 9.67 Å². The molecule has 110 valence electrons. The molecular formula is C15H18N4OS. The summed E-state index contributed by atoms with van der Waals surface area (Å²) in [5.41, 5.74) is 6.44. The molecule has 0 spiro atoms. The van der Waals surface area contributed by atoms with Crippen LogP contribution < -0.4 is 5.43 Å². The highest BCUT2D eigenvalue weighted by Crippen LogP contribution is 2.25. The SMILES string of the molecule is CN1CCN(NC(=O)c2scnc2-c2ccccc2)CC1. The molecule has 1 aliphatic rings. The van der Waals surface area contributed by atoms with Crippen LogP contribution in [0.3, 0.4) is 0 Å². The molecule has 1 fully saturated rings. The Morgan fingerprint density at radius 3 is 2.62 bits per heavy atom. The number of nitrogens with one attached hydrogen (secondary N) is 1. The van der Waals surface area contributed by atoms with Crippen molar-refractivity contribution in [1.29, 1.82) is 0 Å². The van der Waals surface area contributed by atoms with Crippen molar-refractivity contribution < 1.29 is 4.79 Å². The van der Waals surface area contributed by atoms with Crippen LogP contribution in [-0.4, -0.2) is 54.0 Å². The predicted octanol–water partition coefficient (Wildman–Crippen LogP) is 1.70. The molecule has 1 aliphatic heterocycles. The van der Waals surface area contributed by atoms with Crippen molar-refractivity contribution in [2.24, 2.45) is 0 Å². The Hall–Kier alpha value is -1.76. The van der Waals surface area contributed by atoms with Crippen molar-refractivity contribution >= 4 is 17.2 Å². The first-order chi connectivity index (χ1) is 10.2. The molecule has 0 bridgehead atoms. The highest BCUT2D eigenvalue weighted by atomic mass is 32.1. The van der Waals surface area contributed by atoms with Crippen molar-refractivity contribution in [3.8, 4) is 11.3 Å². The Morgan fingerprint density at radius 2 is 1.90 bits per heavy atom. The van der Waals surface area contributed by atoms with E-state index in [0.29, 0.717) is 4.88 Å². The van der Waals surface area contributed by atoms with E-state index in [-0.39, 0.29) is 5.91 Å². The molecule has 1 amide bonds. The molecule has 1 aromatic heterocycles. The molecule has 0 aliphatic carbocycles. The zero-order chi connectivity index (χ0) is 14.7. The van der Waals surface area contributed by atoms with Gasteiger partial charge >= 0.3 is 0 Å². The first-order valence-corrected chi connectivity index (χ1v) is 7.85. The minimum absolute atomic E-state index is 0.0686. The van der Waals surface area contributed by atoms with Gasteiger partial charge in [-0.3, -0.25) is 10.2 Å². The van der Waals surface area contributed by atoms with Gasteiger partial charge in [0, 0.05) is 31.7 Å². The molecule has 5 nitrogen and oxygen atoms in total. The van der Waals surface area contributed by atoms with E-state index in [2.05, 4.69) is 22.4 Å². The van der Waals surface area contributed by atoms with Crippen molar-refractivity contribution in [1.82, 2.24) is 20.3 Å². The average Bonchev–Trinajstić information content (AvgIpc) is 3.00. The number of piperazine rings is 1. The summed E-state index contributed by atoms with van der Waals surface area (Å²) in [5, 5.41) is 1.98. The number of hydrogen-bond donors (Lipinski definition) is 1. The first-order valence-electron chi connectivity index (χ1n) is 6.97. The molecule has 6 heteroatoms. The zero-order valence-corrected chi connectivity index (χ0v) is 12.8. The van der Waals surface area contributed by atoms with Crippen LogP contribution in [0.2, 0.25) is 0 Å². The lowest BCUT2D eigenvalue weighted by atomic mass is 10.1. The van der Waals surface area contributed by atoms with E-state index >= 15 is 0 Å². The standard InChI is InChI=1S/C15H18N4OS/c1-18-7-9-19(10-8-18)17-15(20)14-13(16-11-21-14)12-5-3-2-4-6-12/h2-6,11H,7-10H2,1H3,(H,17,20). The van der Waals surface area contributed by atoms with Gasteiger partial charge in [0.1, 0.15) is 4.88 Å². The predicted molar refractivity (Wildman–Crippen MR) is 84.1 cm³/mol. The Morgan fingerprint density at radius 1 is 1.19 bits per heavy atom. The van der Waals surface area contributed by atoms with E-state index in [0.717, 1.165) is 37.4 Å². The van der Waals surface area contributed by atoms with Crippen molar-refractivity contribution in [3.63, 3.8) is 0 Å². The second-order valence-corrected chi connectivity index (χ2v) is 5.98. The van der Waals surface area contributed by atoms with Crippen LogP contribution >= 0.6 is 11.3 Å². The van der Waals surface area contributed by atoms with Gasteiger partial charge in [0.25, 0.3) is 5.91 Å². The zero-order valence-electron chi connectivity index (χ0n) is 12.0. The third-order valence-corrected chi connectivity index (χ3v) is 4.41. The lowest BCUT2D eigenvalue weighted by Gasteiger charge is -2.32. The van der Waals surface area contributed by atoms with E-state index in [1.807, 2.05) is 35.3 Å². The quantitative estimate of drug-likeness (QED) is 0.937. The summed E-state index contributed by atoms with van der Waals surface area (Å²) in [5.74, 6) is -0.0686. The Bertz CT molecular complexity index is 605. The fourth-order valence-corrected chi connectivity index (χ4v) is 3.02. The maximum absolute atomic E-state index is 12.5. The number of carbonyl (C=O) groups excluding carboxylic acids is 1. The molecule has 0 unspecified atom stereocenters. The number of likely N-dealkylation sites (N-methyl/N-ethyl adjacent to an activating group) is 1. The van der Waals surface area contributed by atoms with Crippen LogP contribution in [0, 0.1) is 0 Å². The number of nitrogens with zero attached hydrogens (tertiary/aromatic N) is 3. The molecule has 0 radical (unpaired) electrons. The van der Waals surface area contributed by atoms with Crippen LogP contribution in [0.4, 0.5) is 0 Å². The number of hydrazine groups is 1. The summed E-state index contributed by atoms with van der Waals surface area (Å²) >= 11 is 1.38. The maximum atomic E-state index is 12.5. The summed E-state index contributed by atoms with van der Waals surface area (Å²) in [4.78, 5) is 19.7. The number of benzene rings is 1. The van der Waals surface area contributed by atoms with Gasteiger partial charge in [0.15, 0.2) is 0 Å². The molecule has 2 heterocycles. The van der Waals surface area contributed by atoms with Crippen LogP contribution in [-0.2, 0) is 0 Å². The third kappa shape index (κ3) is 3.29. The van der Waals surface area contributed by atoms with Crippen LogP contribution in [0.15, 0.2) is 35.8 Å². The summed E-state index contributed by atoms with van der Waals surface area (Å²) in [6.07, 6.45) is 0. The first kappa shape index (κ1) is 14.2. The number of thiazole rings is 1. The largest absolute Gasteiger partial charge is 0.304 e. The molecule has 21 heavy (non-hydrogen) atoms. The van der Waals surface area contributed by atoms with Gasteiger partial charge in [-0.05, 0) is 7.05 Å². The van der Waals surface area contributed by atoms with Gasteiger partial charge in [-0.15, -0.1) is 11.3 Å². The van der Waals surface area contributed by atoms with E-state index < -0.39 is 0 Å². The number of amides is 1. The number of hydrogen-bond acceptors (Lipinski definition) is 5. The molecule has 1 N–H and O–H groups in total. The van der Waals surface area contributed by atoms with Crippen molar-refractivity contribution in [2.75, 3.05) is 33.2 Å². The van der Waals surface area contributed by atoms with Gasteiger partial charge in [0.2, 0.25) is 0 Å². The molecule has 1 aromatic carbocycles. The highest BCUT2D eigenvalue weighted by molar-refractivity contribution is 7.12. The van der Waals surface area contributed by atoms with E-state index in [1.54, 1.807) is 5.51 Å². The molecule has 0 atom stereocenters. The molecule has 2 aromatic rings. The smallest absolute Gasteiger partial charge is 0.277 e. The minimum atomic E-state index is -0.0686. The summed E-state index contributed by atoms with van der Waals surface area (Å²) < 4.78 is 0. The lowest BCUT2D eigenvalue weighted by Crippen LogP contribution is -2.52. The third-order valence-electron chi connectivity index (χ3n) is 3.58. The monoisotopic (exact) mass is 302 g/mol. The van der Waals surface area contributed by atoms with Gasteiger partial charge < -0.3 is 4.90 Å². The molecule has 1 saturated heterocycles. The minimum Gasteiger partial charge on any atom is -0.304 e. The van der Waals surface area contributed by atoms with Crippen LogP contribution in [0.25, 0.3) is 11.3 Å². The van der Waals surface area contributed by atoms with Crippen molar-refractivity contribution in [3.05, 3.63) is 40.7 Å². The van der Waals surface area contributed by atoms with Gasteiger partial charge in [-0.1, -0.05) is 30.3 Å². The van der Waals surface area contributed by atoms with Crippen LogP contribution in [0.5, 0.6) is 0 Å². The summed E-state index contributed by atoms with van der Waals surface area (Å²) in [6.45, 7) is 3.63. The van der Waals surface area contributed by atoms with E-state index in [9.17, 15) is 4.79 Å². The van der Waals surface area contributed by atoms with E-state index in [4.69, 9.17) is 0 Å². The Balaban J connectivity index is 1.73. The second kappa shape index (κ2) is 6.34. The maximum Gasteiger partial charge on any atom is 0.277 e. The van der Waals surface area contributed by atoms with Crippen molar-refractivity contribution in [2.45, 2.75) is 0 Å². The molecule has 0 saturated carbocycles. The summed E-state index contributed by atoms with van der Waals surface area (Å²) in [7, 11) is 2.09. The van der Waals surface area contributed by atoms with Gasteiger partial charge in [-0.2, -0.15) is 0 Å². The number of aromatic nitrogens is 1. The Kier molecular flexibility index (Phi) is 4.28. The molecular weight excluding hydrogens is 284 g/mol. The Labute approximate surface area is 128 Å². The lowest BCUT2D eigenvalue weighted by molar-refractivity contribution is 0.0667. The fraction of sp³-hybridized carbons (Fsp3) is 0.333. The molecule has 3 rings (SSSR count). The second-order valence-electron chi connectivity index (χ2n) is 5.13. The number of carbonyl (C=O) groups is 1. The summed E-state index contributed by atoms with van der Waals surface area (Å²) in [6, 6.07) is 9.82. The number of rotatable bonds is 3. The average molecular weight is 302 g/mol. The topological polar surface area (TPSA) is 48.5 Å². The van der Waals surface area contributed by atoms with Gasteiger partial charge in [0.05, 0.1) is 11.2 Å². The van der Waals surface area contributed by atoms with E-state index in [1.165, 1.54) is 11.3 Å². The normalized spacial score (nSPS) is 16.8. The fourth-order valence-electron chi connectivity index (χ4n) is 2.32.